The topological polar surface area (TPSA) is 12.4 Å². The van der Waals surface area contributed by atoms with Crippen molar-refractivity contribution < 1.29 is 4.39 Å². The van der Waals surface area contributed by atoms with Gasteiger partial charge in [-0.15, -0.1) is 0 Å². The summed E-state index contributed by atoms with van der Waals surface area (Å²) in [5.74, 6) is 0.114. The lowest BCUT2D eigenvalue weighted by molar-refractivity contribution is 0.625. The summed E-state index contributed by atoms with van der Waals surface area (Å²) in [7, 11) is 0. The van der Waals surface area contributed by atoms with Gasteiger partial charge in [0.25, 0.3) is 0 Å². The average molecular weight is 241 g/mol. The molecule has 0 aliphatic heterocycles. The highest BCUT2D eigenvalue weighted by molar-refractivity contribution is 5.79. The molecular formula is C16H16FN. The minimum atomic E-state index is -0.228. The zero-order valence-electron chi connectivity index (χ0n) is 10.4. The molecule has 0 heterocycles. The summed E-state index contributed by atoms with van der Waals surface area (Å²) in [5, 5.41) is 0. The van der Waals surface area contributed by atoms with Crippen molar-refractivity contribution in [1.82, 2.24) is 0 Å². The minimum Gasteiger partial charge on any atom is -0.292 e. The van der Waals surface area contributed by atoms with Gasteiger partial charge in [-0.05, 0) is 11.6 Å². The summed E-state index contributed by atoms with van der Waals surface area (Å²) in [6, 6.07) is 16.9. The first kappa shape index (κ1) is 12.5. The summed E-state index contributed by atoms with van der Waals surface area (Å²) in [6.07, 6.45) is 1.61. The Morgan fingerprint density at radius 1 is 1.06 bits per heavy atom. The van der Waals surface area contributed by atoms with Crippen LogP contribution in [0.25, 0.3) is 0 Å². The summed E-state index contributed by atoms with van der Waals surface area (Å²) < 4.78 is 13.3. The molecule has 0 spiro atoms. The van der Waals surface area contributed by atoms with Crippen LogP contribution in [0.3, 0.4) is 0 Å². The van der Waals surface area contributed by atoms with Crippen molar-refractivity contribution in [2.75, 3.05) is 6.54 Å². The van der Waals surface area contributed by atoms with E-state index in [0.29, 0.717) is 18.0 Å². The predicted molar refractivity (Wildman–Crippen MR) is 73.7 cm³/mol. The average Bonchev–Trinajstić information content (AvgIpc) is 2.42. The largest absolute Gasteiger partial charge is 0.292 e. The Bertz CT molecular complexity index is 520. The van der Waals surface area contributed by atoms with E-state index < -0.39 is 0 Å². The van der Waals surface area contributed by atoms with Crippen LogP contribution in [0.5, 0.6) is 0 Å². The van der Waals surface area contributed by atoms with E-state index in [1.165, 1.54) is 11.6 Å². The molecule has 0 aliphatic rings. The van der Waals surface area contributed by atoms with E-state index in [2.05, 4.69) is 24.0 Å². The normalized spacial score (nSPS) is 12.8. The first-order valence-corrected chi connectivity index (χ1v) is 6.06. The summed E-state index contributed by atoms with van der Waals surface area (Å²) in [6.45, 7) is 2.78. The van der Waals surface area contributed by atoms with Crippen LogP contribution in [0, 0.1) is 5.82 Å². The van der Waals surface area contributed by atoms with Crippen molar-refractivity contribution in [3.8, 4) is 0 Å². The molecule has 0 radical (unpaired) electrons. The molecule has 2 aromatic rings. The van der Waals surface area contributed by atoms with E-state index in [1.807, 2.05) is 24.3 Å². The Labute approximate surface area is 107 Å². The highest BCUT2D eigenvalue weighted by Crippen LogP contribution is 2.14. The third kappa shape index (κ3) is 3.27. The van der Waals surface area contributed by atoms with Crippen LogP contribution in [-0.4, -0.2) is 12.8 Å². The third-order valence-corrected chi connectivity index (χ3v) is 2.88. The van der Waals surface area contributed by atoms with Crippen LogP contribution in [0.2, 0.25) is 0 Å². The fourth-order valence-electron chi connectivity index (χ4n) is 1.78. The second kappa shape index (κ2) is 6.10. The molecule has 0 N–H and O–H groups in total. The number of halogens is 1. The molecule has 0 saturated heterocycles. The van der Waals surface area contributed by atoms with E-state index in [0.717, 1.165) is 0 Å². The van der Waals surface area contributed by atoms with Gasteiger partial charge in [-0.25, -0.2) is 4.39 Å². The predicted octanol–water partition coefficient (Wildman–Crippen LogP) is 4.05. The van der Waals surface area contributed by atoms with Crippen LogP contribution in [0.15, 0.2) is 59.6 Å². The molecule has 0 unspecified atom stereocenters. The van der Waals surface area contributed by atoms with Gasteiger partial charge in [-0.1, -0.05) is 55.5 Å². The van der Waals surface area contributed by atoms with Gasteiger partial charge < -0.3 is 0 Å². The molecule has 0 saturated carbocycles. The minimum absolute atomic E-state index is 0.228. The van der Waals surface area contributed by atoms with Gasteiger partial charge in [0.15, 0.2) is 0 Å². The maximum Gasteiger partial charge on any atom is 0.131 e. The zero-order valence-corrected chi connectivity index (χ0v) is 10.4. The molecule has 0 fully saturated rings. The van der Waals surface area contributed by atoms with E-state index in [4.69, 9.17) is 0 Å². The molecular weight excluding hydrogens is 225 g/mol. The van der Waals surface area contributed by atoms with Gasteiger partial charge in [0, 0.05) is 24.2 Å². The summed E-state index contributed by atoms with van der Waals surface area (Å²) in [4.78, 5) is 4.31. The van der Waals surface area contributed by atoms with Crippen molar-refractivity contribution in [1.29, 1.82) is 0 Å². The first-order chi connectivity index (χ1) is 8.77. The van der Waals surface area contributed by atoms with Crippen molar-refractivity contribution in [3.63, 3.8) is 0 Å². The lowest BCUT2D eigenvalue weighted by atomic mass is 10.0. The number of hydrogen-bond acceptors (Lipinski definition) is 1. The van der Waals surface area contributed by atoms with Gasteiger partial charge in [-0.2, -0.15) is 0 Å². The highest BCUT2D eigenvalue weighted by Gasteiger charge is 2.03. The SMILES string of the molecule is C[C@H](CN=Cc1ccccc1F)c1ccccc1. The lowest BCUT2D eigenvalue weighted by Crippen LogP contribution is -1.98. The van der Waals surface area contributed by atoms with Crippen LogP contribution in [0.4, 0.5) is 4.39 Å². The fraction of sp³-hybridized carbons (Fsp3) is 0.188. The molecule has 0 amide bonds. The van der Waals surface area contributed by atoms with Gasteiger partial charge >= 0.3 is 0 Å². The molecule has 2 rings (SSSR count). The second-order valence-electron chi connectivity index (χ2n) is 4.33. The van der Waals surface area contributed by atoms with Crippen molar-refractivity contribution in [2.45, 2.75) is 12.8 Å². The van der Waals surface area contributed by atoms with Crippen molar-refractivity contribution >= 4 is 6.21 Å². The molecule has 1 nitrogen and oxygen atoms in total. The van der Waals surface area contributed by atoms with Crippen LogP contribution in [0.1, 0.15) is 24.0 Å². The van der Waals surface area contributed by atoms with E-state index >= 15 is 0 Å². The Balaban J connectivity index is 1.98. The van der Waals surface area contributed by atoms with Crippen LogP contribution >= 0.6 is 0 Å². The molecule has 2 heteroatoms. The number of rotatable bonds is 4. The standard InChI is InChI=1S/C16H16FN/c1-13(14-7-3-2-4-8-14)11-18-12-15-9-5-6-10-16(15)17/h2-10,12-13H,11H2,1H3/t13-/m1/s1. The zero-order chi connectivity index (χ0) is 12.8. The molecule has 0 aromatic heterocycles. The Morgan fingerprint density at radius 2 is 1.72 bits per heavy atom. The third-order valence-electron chi connectivity index (χ3n) is 2.88. The van der Waals surface area contributed by atoms with Gasteiger partial charge in [0.05, 0.1) is 0 Å². The lowest BCUT2D eigenvalue weighted by Gasteiger charge is -2.08. The number of benzene rings is 2. The van der Waals surface area contributed by atoms with E-state index in [9.17, 15) is 4.39 Å². The molecule has 18 heavy (non-hydrogen) atoms. The Kier molecular flexibility index (Phi) is 4.24. The van der Waals surface area contributed by atoms with E-state index in [-0.39, 0.29) is 5.82 Å². The quantitative estimate of drug-likeness (QED) is 0.716. The maximum atomic E-state index is 13.3. The highest BCUT2D eigenvalue weighted by atomic mass is 19.1. The smallest absolute Gasteiger partial charge is 0.131 e. The van der Waals surface area contributed by atoms with E-state index in [1.54, 1.807) is 18.3 Å². The molecule has 1 atom stereocenters. The Morgan fingerprint density at radius 3 is 2.44 bits per heavy atom. The number of hydrogen-bond donors (Lipinski definition) is 0. The summed E-state index contributed by atoms with van der Waals surface area (Å²) >= 11 is 0. The van der Waals surface area contributed by atoms with Gasteiger partial charge in [0.1, 0.15) is 5.82 Å². The van der Waals surface area contributed by atoms with Gasteiger partial charge in [-0.3, -0.25) is 4.99 Å². The second-order valence-corrected chi connectivity index (χ2v) is 4.33. The monoisotopic (exact) mass is 241 g/mol. The van der Waals surface area contributed by atoms with Crippen LogP contribution in [-0.2, 0) is 0 Å². The molecule has 0 aliphatic carbocycles. The summed E-state index contributed by atoms with van der Waals surface area (Å²) in [5.41, 5.74) is 1.79. The molecule has 2 aromatic carbocycles. The van der Waals surface area contributed by atoms with Gasteiger partial charge in [0.2, 0.25) is 0 Å². The number of nitrogens with zero attached hydrogens (tertiary/aromatic N) is 1. The molecule has 92 valence electrons. The first-order valence-electron chi connectivity index (χ1n) is 6.06. The van der Waals surface area contributed by atoms with Crippen molar-refractivity contribution in [2.24, 2.45) is 4.99 Å². The molecule has 0 bridgehead atoms. The van der Waals surface area contributed by atoms with Crippen molar-refractivity contribution in [3.05, 3.63) is 71.5 Å². The van der Waals surface area contributed by atoms with Crippen LogP contribution < -0.4 is 0 Å². The fourth-order valence-corrected chi connectivity index (χ4v) is 1.78. The number of aliphatic imine (C=N–C) groups is 1. The maximum absolute atomic E-state index is 13.3. The Hall–Kier alpha value is -1.96.